The number of nitrogens with zero attached hydrogens (tertiary/aromatic N) is 1. The lowest BCUT2D eigenvalue weighted by Gasteiger charge is -2.40. The summed E-state index contributed by atoms with van der Waals surface area (Å²) < 4.78 is 18.8. The standard InChI is InChI=1S/C21H26NO3P/c1-26(2,24)15-22-12-10-21(11-13-22)19-14-17(23)8-9-18(19)20(25-21)16-6-4-3-5-7-16/h3-9,14,20,23H,10-13,15H2,1-2H3. The fourth-order valence-electron chi connectivity index (χ4n) is 4.32. The average Bonchev–Trinajstić information content (AvgIpc) is 2.91. The zero-order valence-electron chi connectivity index (χ0n) is 15.4. The van der Waals surface area contributed by atoms with Gasteiger partial charge in [-0.1, -0.05) is 36.4 Å². The van der Waals surface area contributed by atoms with Crippen LogP contribution in [0.3, 0.4) is 0 Å². The van der Waals surface area contributed by atoms with Crippen molar-refractivity contribution in [2.24, 2.45) is 0 Å². The van der Waals surface area contributed by atoms with Gasteiger partial charge in [0.05, 0.1) is 19.0 Å². The van der Waals surface area contributed by atoms with Gasteiger partial charge in [-0.15, -0.1) is 0 Å². The van der Waals surface area contributed by atoms with E-state index in [-0.39, 0.29) is 17.5 Å². The predicted molar refractivity (Wildman–Crippen MR) is 104 cm³/mol. The van der Waals surface area contributed by atoms with Crippen LogP contribution >= 0.6 is 7.14 Å². The number of hydrogen-bond acceptors (Lipinski definition) is 4. The Labute approximate surface area is 155 Å². The monoisotopic (exact) mass is 371 g/mol. The molecule has 2 aromatic carbocycles. The van der Waals surface area contributed by atoms with E-state index >= 15 is 0 Å². The van der Waals surface area contributed by atoms with E-state index in [1.54, 1.807) is 6.07 Å². The summed E-state index contributed by atoms with van der Waals surface area (Å²) in [4.78, 5) is 2.29. The first-order valence-electron chi connectivity index (χ1n) is 9.19. The van der Waals surface area contributed by atoms with E-state index in [1.165, 1.54) is 0 Å². The van der Waals surface area contributed by atoms with Crippen LogP contribution in [-0.2, 0) is 14.9 Å². The maximum Gasteiger partial charge on any atom is 0.115 e. The quantitative estimate of drug-likeness (QED) is 0.814. The lowest BCUT2D eigenvalue weighted by Crippen LogP contribution is -2.42. The predicted octanol–water partition coefficient (Wildman–Crippen LogP) is 4.38. The second kappa shape index (κ2) is 6.53. The van der Waals surface area contributed by atoms with E-state index in [2.05, 4.69) is 17.0 Å². The van der Waals surface area contributed by atoms with Crippen LogP contribution in [-0.4, -0.2) is 42.7 Å². The van der Waals surface area contributed by atoms with Crippen LogP contribution in [0.4, 0.5) is 0 Å². The summed E-state index contributed by atoms with van der Waals surface area (Å²) >= 11 is 0. The first-order chi connectivity index (χ1) is 12.4. The van der Waals surface area contributed by atoms with Crippen LogP contribution in [0.1, 0.15) is 35.6 Å². The maximum atomic E-state index is 12.2. The van der Waals surface area contributed by atoms with Gasteiger partial charge in [-0.3, -0.25) is 4.90 Å². The number of ether oxygens (including phenoxy) is 1. The van der Waals surface area contributed by atoms with E-state index in [0.717, 1.165) is 42.6 Å². The number of rotatable bonds is 3. The van der Waals surface area contributed by atoms with Crippen molar-refractivity contribution in [2.75, 3.05) is 32.7 Å². The molecule has 0 radical (unpaired) electrons. The Morgan fingerprint density at radius 1 is 1.15 bits per heavy atom. The Bertz CT molecular complexity index is 838. The van der Waals surface area contributed by atoms with Crippen LogP contribution in [0.15, 0.2) is 48.5 Å². The normalized spacial score (nSPS) is 22.5. The summed E-state index contributed by atoms with van der Waals surface area (Å²) in [6, 6.07) is 15.9. The van der Waals surface area contributed by atoms with Crippen LogP contribution < -0.4 is 0 Å². The molecule has 138 valence electrons. The minimum Gasteiger partial charge on any atom is -0.508 e. The third-order valence-electron chi connectivity index (χ3n) is 5.46. The summed E-state index contributed by atoms with van der Waals surface area (Å²) in [7, 11) is -2.07. The molecule has 4 nitrogen and oxygen atoms in total. The number of hydrogen-bond donors (Lipinski definition) is 1. The first kappa shape index (κ1) is 17.8. The summed E-state index contributed by atoms with van der Waals surface area (Å²) in [5.74, 6) is 0.287. The molecule has 2 aromatic rings. The number of piperidine rings is 1. The summed E-state index contributed by atoms with van der Waals surface area (Å²) in [6.45, 7) is 5.43. The van der Waals surface area contributed by atoms with Gasteiger partial charge in [0, 0.05) is 13.1 Å². The molecule has 0 saturated carbocycles. The highest BCUT2D eigenvalue weighted by atomic mass is 31.2. The molecule has 5 heteroatoms. The largest absolute Gasteiger partial charge is 0.508 e. The van der Waals surface area contributed by atoms with E-state index in [1.807, 2.05) is 43.7 Å². The highest BCUT2D eigenvalue weighted by molar-refractivity contribution is 7.62. The molecule has 1 spiro atoms. The number of phenols is 1. The molecule has 0 amide bonds. The van der Waals surface area contributed by atoms with Gasteiger partial charge >= 0.3 is 0 Å². The van der Waals surface area contributed by atoms with E-state index in [9.17, 15) is 9.67 Å². The smallest absolute Gasteiger partial charge is 0.115 e. The molecule has 0 aliphatic carbocycles. The van der Waals surface area contributed by atoms with Gasteiger partial charge in [-0.25, -0.2) is 0 Å². The second-order valence-corrected chi connectivity index (χ2v) is 11.4. The van der Waals surface area contributed by atoms with Crippen LogP contribution in [0.2, 0.25) is 0 Å². The van der Waals surface area contributed by atoms with Crippen molar-refractivity contribution in [1.82, 2.24) is 4.90 Å². The molecule has 1 fully saturated rings. The lowest BCUT2D eigenvalue weighted by atomic mass is 9.83. The Hall–Kier alpha value is -1.61. The number of phenolic OH excluding ortho intramolecular Hbond substituents is 1. The highest BCUT2D eigenvalue weighted by Crippen LogP contribution is 2.52. The van der Waals surface area contributed by atoms with Gasteiger partial charge in [-0.2, -0.15) is 0 Å². The third kappa shape index (κ3) is 3.34. The number of likely N-dealkylation sites (tertiary alicyclic amines) is 1. The molecule has 1 atom stereocenters. The molecule has 0 aromatic heterocycles. The van der Waals surface area contributed by atoms with Crippen molar-refractivity contribution >= 4 is 7.14 Å². The minimum absolute atomic E-state index is 0.0956. The van der Waals surface area contributed by atoms with Crippen molar-refractivity contribution < 1.29 is 14.4 Å². The van der Waals surface area contributed by atoms with Crippen LogP contribution in [0.5, 0.6) is 5.75 Å². The zero-order valence-corrected chi connectivity index (χ0v) is 16.3. The summed E-state index contributed by atoms with van der Waals surface area (Å²) in [5.41, 5.74) is 3.04. The SMILES string of the molecule is CP(C)(=O)CN1CCC2(CC1)OC(c1ccccc1)c1ccc(O)cc12. The zero-order chi connectivity index (χ0) is 18.4. The van der Waals surface area contributed by atoms with Gasteiger partial charge < -0.3 is 14.4 Å². The van der Waals surface area contributed by atoms with Crippen molar-refractivity contribution in [3.63, 3.8) is 0 Å². The number of aromatic hydroxyl groups is 1. The number of fused-ring (bicyclic) bond motifs is 2. The van der Waals surface area contributed by atoms with Gasteiger partial charge in [-0.05, 0) is 55.0 Å². The van der Waals surface area contributed by atoms with Crippen molar-refractivity contribution in [3.8, 4) is 5.75 Å². The van der Waals surface area contributed by atoms with Gasteiger partial charge in [0.1, 0.15) is 11.9 Å². The topological polar surface area (TPSA) is 49.8 Å². The maximum absolute atomic E-state index is 12.2. The molecule has 0 bridgehead atoms. The Morgan fingerprint density at radius 2 is 1.85 bits per heavy atom. The molecule has 2 aliphatic heterocycles. The Kier molecular flexibility index (Phi) is 4.46. The minimum atomic E-state index is -2.07. The molecular weight excluding hydrogens is 345 g/mol. The van der Waals surface area contributed by atoms with E-state index in [4.69, 9.17) is 4.74 Å². The molecular formula is C21H26NO3P. The van der Waals surface area contributed by atoms with E-state index < -0.39 is 7.14 Å². The Morgan fingerprint density at radius 3 is 2.50 bits per heavy atom. The summed E-state index contributed by atoms with van der Waals surface area (Å²) in [6.07, 6.45) is 2.28. The van der Waals surface area contributed by atoms with Crippen LogP contribution in [0, 0.1) is 0 Å². The van der Waals surface area contributed by atoms with Gasteiger partial charge in [0.25, 0.3) is 0 Å². The first-order valence-corrected chi connectivity index (χ1v) is 12.0. The molecule has 2 aliphatic rings. The third-order valence-corrected chi connectivity index (χ3v) is 6.54. The van der Waals surface area contributed by atoms with Crippen LogP contribution in [0.25, 0.3) is 0 Å². The second-order valence-electron chi connectivity index (χ2n) is 8.01. The van der Waals surface area contributed by atoms with Crippen molar-refractivity contribution in [3.05, 3.63) is 65.2 Å². The molecule has 2 heterocycles. The highest BCUT2D eigenvalue weighted by Gasteiger charge is 2.47. The molecule has 26 heavy (non-hydrogen) atoms. The molecule has 1 N–H and O–H groups in total. The Balaban J connectivity index is 1.64. The molecule has 1 unspecified atom stereocenters. The molecule has 4 rings (SSSR count). The number of benzene rings is 2. The lowest BCUT2D eigenvalue weighted by molar-refractivity contribution is -0.0950. The summed E-state index contributed by atoms with van der Waals surface area (Å²) in [5, 5.41) is 10.1. The van der Waals surface area contributed by atoms with Crippen molar-refractivity contribution in [2.45, 2.75) is 24.5 Å². The van der Waals surface area contributed by atoms with Gasteiger partial charge in [0.2, 0.25) is 0 Å². The fourth-order valence-corrected chi connectivity index (χ4v) is 5.57. The average molecular weight is 371 g/mol. The fraction of sp³-hybridized carbons (Fsp3) is 0.429. The van der Waals surface area contributed by atoms with Crippen molar-refractivity contribution in [1.29, 1.82) is 0 Å². The van der Waals surface area contributed by atoms with Gasteiger partial charge in [0.15, 0.2) is 0 Å². The van der Waals surface area contributed by atoms with E-state index in [0.29, 0.717) is 6.29 Å². The molecule has 1 saturated heterocycles.